The third kappa shape index (κ3) is 2.70. The van der Waals surface area contributed by atoms with Gasteiger partial charge in [0.25, 0.3) is 0 Å². The molecule has 4 rings (SSSR count). The van der Waals surface area contributed by atoms with E-state index in [4.69, 9.17) is 5.73 Å². The number of hydrogen-bond acceptors (Lipinski definition) is 2. The van der Waals surface area contributed by atoms with Crippen LogP contribution < -0.4 is 21.5 Å². The molecule has 2 nitrogen and oxygen atoms in total. The van der Waals surface area contributed by atoms with Crippen LogP contribution in [-0.4, -0.2) is 0 Å². The van der Waals surface area contributed by atoms with Crippen LogP contribution in [0.4, 0.5) is 11.4 Å². The smallest absolute Gasteiger partial charge is 0.0415 e. The van der Waals surface area contributed by atoms with E-state index in [1.54, 1.807) is 6.20 Å². The van der Waals surface area contributed by atoms with Crippen molar-refractivity contribution in [2.75, 3.05) is 11.1 Å². The monoisotopic (exact) mass is 338 g/mol. The molecule has 3 aromatic carbocycles. The molecule has 0 atom stereocenters. The Morgan fingerprint density at radius 1 is 0.962 bits per heavy atom. The molecule has 0 radical (unpaired) electrons. The number of hydrogen-bond donors (Lipinski definition) is 2. The Labute approximate surface area is 154 Å². The van der Waals surface area contributed by atoms with Crippen molar-refractivity contribution in [3.05, 3.63) is 106 Å². The zero-order valence-corrected chi connectivity index (χ0v) is 15.0. The maximum Gasteiger partial charge on any atom is 0.0415 e. The van der Waals surface area contributed by atoms with Gasteiger partial charge in [-0.25, -0.2) is 0 Å². The normalized spacial score (nSPS) is 12.3. The van der Waals surface area contributed by atoms with Crippen LogP contribution in [0.1, 0.15) is 27.8 Å². The second-order valence-electron chi connectivity index (χ2n) is 6.85. The molecule has 26 heavy (non-hydrogen) atoms. The van der Waals surface area contributed by atoms with E-state index >= 15 is 0 Å². The van der Waals surface area contributed by atoms with Crippen LogP contribution in [0, 0.1) is 6.92 Å². The van der Waals surface area contributed by atoms with E-state index in [1.807, 2.05) is 12.1 Å². The van der Waals surface area contributed by atoms with Gasteiger partial charge >= 0.3 is 0 Å². The highest BCUT2D eigenvalue weighted by Crippen LogP contribution is 2.33. The number of nitrogens with one attached hydrogen (secondary N) is 1. The van der Waals surface area contributed by atoms with Gasteiger partial charge in [0.2, 0.25) is 0 Å². The van der Waals surface area contributed by atoms with E-state index < -0.39 is 0 Å². The van der Waals surface area contributed by atoms with Crippen LogP contribution in [-0.2, 0) is 6.42 Å². The molecule has 0 spiro atoms. The van der Waals surface area contributed by atoms with Crippen molar-refractivity contribution >= 4 is 23.5 Å². The van der Waals surface area contributed by atoms with E-state index in [0.29, 0.717) is 0 Å². The molecule has 3 N–H and O–H groups in total. The van der Waals surface area contributed by atoms with Gasteiger partial charge in [-0.1, -0.05) is 61.2 Å². The van der Waals surface area contributed by atoms with E-state index in [9.17, 15) is 0 Å². The average molecular weight is 338 g/mol. The standard InChI is InChI=1S/C24H22N2/c1-4-26-19-7-10-22(23(25)14-19)24-20-8-5-15(2)11-17(20)13-18-12-16(3)6-9-21(18)24/h4-12,14,26H,1-2,13,25H2,3H3. The summed E-state index contributed by atoms with van der Waals surface area (Å²) < 4.78 is 0. The molecule has 1 aliphatic carbocycles. The number of nitrogen functional groups attached to an aromatic ring is 1. The van der Waals surface area contributed by atoms with Crippen molar-refractivity contribution in [3.63, 3.8) is 0 Å². The van der Waals surface area contributed by atoms with E-state index in [1.165, 1.54) is 33.0 Å². The molecule has 0 amide bonds. The Morgan fingerprint density at radius 3 is 2.54 bits per heavy atom. The second kappa shape index (κ2) is 6.23. The minimum Gasteiger partial charge on any atom is -0.398 e. The third-order valence-corrected chi connectivity index (χ3v) is 4.94. The fourth-order valence-electron chi connectivity index (χ4n) is 3.79. The molecule has 2 heteroatoms. The summed E-state index contributed by atoms with van der Waals surface area (Å²) in [6.45, 7) is 9.95. The highest BCUT2D eigenvalue weighted by Gasteiger charge is 2.20. The molecular weight excluding hydrogens is 316 g/mol. The number of rotatable bonds is 3. The van der Waals surface area contributed by atoms with Crippen LogP contribution in [0.3, 0.4) is 0 Å². The topological polar surface area (TPSA) is 38.0 Å². The molecule has 0 aliphatic heterocycles. The van der Waals surface area contributed by atoms with Crippen LogP contribution in [0.5, 0.6) is 0 Å². The van der Waals surface area contributed by atoms with Crippen molar-refractivity contribution in [2.24, 2.45) is 0 Å². The maximum atomic E-state index is 6.45. The van der Waals surface area contributed by atoms with Crippen LogP contribution in [0.25, 0.3) is 12.2 Å². The van der Waals surface area contributed by atoms with Crippen LogP contribution in [0.2, 0.25) is 0 Å². The van der Waals surface area contributed by atoms with E-state index in [2.05, 4.69) is 67.9 Å². The van der Waals surface area contributed by atoms with Crippen LogP contribution in [0.15, 0.2) is 67.4 Å². The van der Waals surface area contributed by atoms with Crippen LogP contribution >= 0.6 is 0 Å². The van der Waals surface area contributed by atoms with Gasteiger partial charge < -0.3 is 11.1 Å². The predicted octanol–water partition coefficient (Wildman–Crippen LogP) is 3.69. The van der Waals surface area contributed by atoms with Gasteiger partial charge in [0, 0.05) is 16.9 Å². The Bertz CT molecular complexity index is 1140. The number of aryl methyl sites for hydroxylation is 1. The Morgan fingerprint density at radius 2 is 1.77 bits per heavy atom. The van der Waals surface area contributed by atoms with Gasteiger partial charge in [-0.15, -0.1) is 0 Å². The maximum absolute atomic E-state index is 6.45. The molecule has 0 heterocycles. The quantitative estimate of drug-likeness (QED) is 0.559. The highest BCUT2D eigenvalue weighted by molar-refractivity contribution is 5.89. The van der Waals surface area contributed by atoms with Gasteiger partial charge in [-0.2, -0.15) is 0 Å². The molecule has 0 bridgehead atoms. The summed E-state index contributed by atoms with van der Waals surface area (Å²) >= 11 is 0. The molecule has 0 saturated heterocycles. The van der Waals surface area contributed by atoms with Crippen molar-refractivity contribution in [2.45, 2.75) is 13.3 Å². The molecule has 1 aliphatic rings. The van der Waals surface area contributed by atoms with Gasteiger partial charge in [0.15, 0.2) is 0 Å². The third-order valence-electron chi connectivity index (χ3n) is 4.94. The number of fused-ring (bicyclic) bond motifs is 2. The molecule has 0 saturated carbocycles. The average Bonchev–Trinajstić information content (AvgIpc) is 2.60. The number of anilines is 2. The lowest BCUT2D eigenvalue weighted by atomic mass is 9.82. The van der Waals surface area contributed by atoms with Crippen molar-refractivity contribution in [1.82, 2.24) is 0 Å². The van der Waals surface area contributed by atoms with E-state index in [-0.39, 0.29) is 0 Å². The molecule has 128 valence electrons. The Balaban J connectivity index is 2.05. The first kappa shape index (κ1) is 16.2. The summed E-state index contributed by atoms with van der Waals surface area (Å²) in [4.78, 5) is 0. The Kier molecular flexibility index (Phi) is 3.89. The number of benzene rings is 3. The minimum absolute atomic E-state index is 0.755. The first-order valence-electron chi connectivity index (χ1n) is 8.76. The van der Waals surface area contributed by atoms with Gasteiger partial charge in [0.1, 0.15) is 0 Å². The van der Waals surface area contributed by atoms with Crippen molar-refractivity contribution < 1.29 is 0 Å². The molecule has 0 fully saturated rings. The number of nitrogens with two attached hydrogens (primary N) is 1. The predicted molar refractivity (Wildman–Crippen MR) is 111 cm³/mol. The SMILES string of the molecule is C=CNc1ccc(C2=c3ccc(=C)cc3Cc3cc(C)ccc32)c(N)c1. The van der Waals surface area contributed by atoms with Crippen molar-refractivity contribution in [3.8, 4) is 0 Å². The lowest BCUT2D eigenvalue weighted by Crippen LogP contribution is -2.23. The van der Waals surface area contributed by atoms with Gasteiger partial charge in [-0.05, 0) is 64.4 Å². The fourth-order valence-corrected chi connectivity index (χ4v) is 3.79. The van der Waals surface area contributed by atoms with E-state index in [0.717, 1.165) is 28.6 Å². The highest BCUT2D eigenvalue weighted by atomic mass is 14.8. The summed E-state index contributed by atoms with van der Waals surface area (Å²) in [7, 11) is 0. The second-order valence-corrected chi connectivity index (χ2v) is 6.85. The first-order valence-corrected chi connectivity index (χ1v) is 8.76. The molecule has 0 aromatic heterocycles. The lowest BCUT2D eigenvalue weighted by Gasteiger charge is -2.22. The molecular formula is C24H22N2. The summed E-state index contributed by atoms with van der Waals surface area (Å²) in [5.41, 5.74) is 15.6. The minimum atomic E-state index is 0.755. The first-order chi connectivity index (χ1) is 12.6. The van der Waals surface area contributed by atoms with Gasteiger partial charge in [0.05, 0.1) is 0 Å². The Hall–Kier alpha value is -3.26. The molecule has 3 aromatic rings. The summed E-state index contributed by atoms with van der Waals surface area (Å²) in [6, 6.07) is 19.2. The largest absolute Gasteiger partial charge is 0.398 e. The summed E-state index contributed by atoms with van der Waals surface area (Å²) in [5.74, 6) is 0. The van der Waals surface area contributed by atoms with Gasteiger partial charge in [-0.3, -0.25) is 0 Å². The van der Waals surface area contributed by atoms with Crippen molar-refractivity contribution in [1.29, 1.82) is 0 Å². The summed E-state index contributed by atoms with van der Waals surface area (Å²) in [6.07, 6.45) is 2.58. The zero-order valence-electron chi connectivity index (χ0n) is 15.0. The molecule has 0 unspecified atom stereocenters. The lowest BCUT2D eigenvalue weighted by molar-refractivity contribution is 1.11. The summed E-state index contributed by atoms with van der Waals surface area (Å²) in [5, 5.41) is 5.38. The zero-order chi connectivity index (χ0) is 18.3. The fraction of sp³-hybridized carbons (Fsp3) is 0.0833.